The fourth-order valence-electron chi connectivity index (χ4n) is 4.70. The number of nitrogens with one attached hydrogen (secondary N) is 1. The molecule has 0 radical (unpaired) electrons. The summed E-state index contributed by atoms with van der Waals surface area (Å²) in [7, 11) is 0. The number of H-pyrrole nitrogens is 1. The number of ether oxygens (including phenoxy) is 1. The van der Waals surface area contributed by atoms with Crippen LogP contribution in [0.1, 0.15) is 37.1 Å². The molecule has 3 aromatic heterocycles. The Morgan fingerprint density at radius 1 is 1.27 bits per heavy atom. The normalized spacial score (nSPS) is 18.5. The monoisotopic (exact) mass is 472 g/mol. The smallest absolute Gasteiger partial charge is 0.285 e. The highest BCUT2D eigenvalue weighted by molar-refractivity contribution is 6.33. The van der Waals surface area contributed by atoms with E-state index in [1.54, 1.807) is 6.07 Å². The van der Waals surface area contributed by atoms with E-state index in [2.05, 4.69) is 15.2 Å². The van der Waals surface area contributed by atoms with Crippen LogP contribution in [0.4, 0.5) is 10.1 Å². The van der Waals surface area contributed by atoms with Gasteiger partial charge in [0.15, 0.2) is 0 Å². The van der Waals surface area contributed by atoms with Crippen molar-refractivity contribution >= 4 is 17.3 Å². The van der Waals surface area contributed by atoms with Crippen LogP contribution in [-0.4, -0.2) is 44.2 Å². The first kappa shape index (κ1) is 21.9. The van der Waals surface area contributed by atoms with Crippen LogP contribution < -0.4 is 15.2 Å². The molecule has 1 atom stereocenters. The molecule has 2 aliphatic rings. The molecule has 3 aromatic rings. The third-order valence-corrected chi connectivity index (χ3v) is 7.01. The zero-order chi connectivity index (χ0) is 23.1. The van der Waals surface area contributed by atoms with Gasteiger partial charge in [0.1, 0.15) is 11.1 Å². The molecule has 1 aliphatic heterocycles. The van der Waals surface area contributed by atoms with E-state index in [-0.39, 0.29) is 17.0 Å². The lowest BCUT2D eigenvalue weighted by Gasteiger charge is -2.25. The summed E-state index contributed by atoms with van der Waals surface area (Å²) >= 11 is 6.13. The van der Waals surface area contributed by atoms with Gasteiger partial charge >= 0.3 is 0 Å². The fraction of sp³-hybridized carbons (Fsp3) is 0.478. The highest BCUT2D eigenvalue weighted by atomic mass is 35.5. The number of hydrogen-bond acceptors (Lipinski definition) is 6. The second-order valence-corrected chi connectivity index (χ2v) is 9.29. The highest BCUT2D eigenvalue weighted by Crippen LogP contribution is 2.33. The Hall–Kier alpha value is -2.94. The van der Waals surface area contributed by atoms with Crippen molar-refractivity contribution in [3.8, 4) is 17.0 Å². The van der Waals surface area contributed by atoms with Crippen molar-refractivity contribution in [3.05, 3.63) is 51.0 Å². The zero-order valence-electron chi connectivity index (χ0n) is 18.6. The summed E-state index contributed by atoms with van der Waals surface area (Å²) in [5.74, 6) is 0.320. The van der Waals surface area contributed by atoms with E-state index in [0.29, 0.717) is 36.7 Å². The van der Waals surface area contributed by atoms with Crippen molar-refractivity contribution in [1.82, 2.24) is 25.0 Å². The van der Waals surface area contributed by atoms with E-state index in [1.165, 1.54) is 31.5 Å². The predicted octanol–water partition coefficient (Wildman–Crippen LogP) is 3.90. The Kier molecular flexibility index (Phi) is 5.82. The minimum atomic E-state index is -0.593. The lowest BCUT2D eigenvalue weighted by molar-refractivity contribution is 0.213. The number of pyridine rings is 1. The summed E-state index contributed by atoms with van der Waals surface area (Å²) in [6.07, 6.45) is 5.77. The first-order valence-corrected chi connectivity index (χ1v) is 11.6. The van der Waals surface area contributed by atoms with Gasteiger partial charge in [0.05, 0.1) is 24.1 Å². The minimum absolute atomic E-state index is 0.0988. The fourth-order valence-corrected chi connectivity index (χ4v) is 4.91. The number of nitrogens with zero attached hydrogens (tertiary/aromatic N) is 5. The van der Waals surface area contributed by atoms with Crippen molar-refractivity contribution in [1.29, 1.82) is 0 Å². The molecular formula is C23H26ClFN6O2. The van der Waals surface area contributed by atoms with Crippen LogP contribution in [0, 0.1) is 25.7 Å². The number of anilines is 1. The molecule has 174 valence electrons. The predicted molar refractivity (Wildman–Crippen MR) is 123 cm³/mol. The Labute approximate surface area is 195 Å². The first-order valence-electron chi connectivity index (χ1n) is 11.3. The molecule has 10 heteroatoms. The Balaban J connectivity index is 1.35. The van der Waals surface area contributed by atoms with Crippen molar-refractivity contribution in [3.63, 3.8) is 0 Å². The summed E-state index contributed by atoms with van der Waals surface area (Å²) < 4.78 is 22.6. The minimum Gasteiger partial charge on any atom is -0.472 e. The average Bonchev–Trinajstić information content (AvgIpc) is 3.30. The summed E-state index contributed by atoms with van der Waals surface area (Å²) in [6.45, 7) is 6.02. The number of aryl methyl sites for hydroxylation is 1. The number of rotatable bonds is 6. The molecule has 2 fully saturated rings. The molecular weight excluding hydrogens is 447 g/mol. The van der Waals surface area contributed by atoms with Gasteiger partial charge in [-0.1, -0.05) is 18.0 Å². The standard InChI is InChI=1S/C23H26ClFN6O2/c1-13-21(14(2)31(29-13)11-15-4-3-5-15)16-8-19(25)27-20(9-16)33-17-6-7-30(12-17)18-10-26-28-23(32)22(18)24/h8-10,15,17H,3-7,11-12H2,1-2H3,(H,28,32)/t17-/m1/s1. The molecule has 0 bridgehead atoms. The molecule has 1 aliphatic carbocycles. The Morgan fingerprint density at radius 2 is 2.09 bits per heavy atom. The molecule has 0 spiro atoms. The third kappa shape index (κ3) is 4.34. The van der Waals surface area contributed by atoms with Gasteiger partial charge in [-0.2, -0.15) is 19.6 Å². The molecule has 0 unspecified atom stereocenters. The van der Waals surface area contributed by atoms with E-state index in [9.17, 15) is 9.18 Å². The average molecular weight is 473 g/mol. The summed E-state index contributed by atoms with van der Waals surface area (Å²) in [5, 5.41) is 11.0. The lowest BCUT2D eigenvalue weighted by Crippen LogP contribution is -2.26. The largest absolute Gasteiger partial charge is 0.472 e. The van der Waals surface area contributed by atoms with Crippen LogP contribution in [0.25, 0.3) is 11.1 Å². The Bertz CT molecular complexity index is 1240. The molecule has 0 amide bonds. The Morgan fingerprint density at radius 3 is 2.85 bits per heavy atom. The van der Waals surface area contributed by atoms with Crippen molar-refractivity contribution in [2.24, 2.45) is 5.92 Å². The molecule has 4 heterocycles. The molecule has 0 aromatic carbocycles. The number of hydrogen-bond donors (Lipinski definition) is 1. The SMILES string of the molecule is Cc1nn(CC2CCC2)c(C)c1-c1cc(F)nc(O[C@@H]2CCN(c3cn[nH]c(=O)c3Cl)C2)c1. The van der Waals surface area contributed by atoms with Crippen LogP contribution in [-0.2, 0) is 6.54 Å². The van der Waals surface area contributed by atoms with E-state index in [1.807, 2.05) is 23.4 Å². The molecule has 1 saturated carbocycles. The van der Waals surface area contributed by atoms with Crippen LogP contribution in [0.2, 0.25) is 5.02 Å². The van der Waals surface area contributed by atoms with E-state index >= 15 is 0 Å². The van der Waals surface area contributed by atoms with Crippen LogP contribution >= 0.6 is 11.6 Å². The van der Waals surface area contributed by atoms with Crippen molar-refractivity contribution < 1.29 is 9.13 Å². The quantitative estimate of drug-likeness (QED) is 0.547. The van der Waals surface area contributed by atoms with Gasteiger partial charge < -0.3 is 9.64 Å². The first-order chi connectivity index (χ1) is 15.9. The van der Waals surface area contributed by atoms with Gasteiger partial charge in [-0.25, -0.2) is 5.10 Å². The van der Waals surface area contributed by atoms with Gasteiger partial charge in [0, 0.05) is 42.9 Å². The van der Waals surface area contributed by atoms with Crippen molar-refractivity contribution in [2.75, 3.05) is 18.0 Å². The summed E-state index contributed by atoms with van der Waals surface area (Å²) in [5.41, 5.74) is 3.66. The van der Waals surface area contributed by atoms with Gasteiger partial charge in [0.25, 0.3) is 5.56 Å². The maximum atomic E-state index is 14.5. The van der Waals surface area contributed by atoms with Gasteiger partial charge in [-0.3, -0.25) is 9.48 Å². The molecule has 33 heavy (non-hydrogen) atoms. The maximum absolute atomic E-state index is 14.5. The third-order valence-electron chi connectivity index (χ3n) is 6.65. The maximum Gasteiger partial charge on any atom is 0.285 e. The molecule has 1 saturated heterocycles. The lowest BCUT2D eigenvalue weighted by atomic mass is 9.85. The molecule has 5 rings (SSSR count). The van der Waals surface area contributed by atoms with Gasteiger partial charge in [-0.05, 0) is 38.2 Å². The number of halogens is 2. The second-order valence-electron chi connectivity index (χ2n) is 8.91. The highest BCUT2D eigenvalue weighted by Gasteiger charge is 2.28. The van der Waals surface area contributed by atoms with Crippen LogP contribution in [0.15, 0.2) is 23.1 Å². The van der Waals surface area contributed by atoms with Crippen molar-refractivity contribution in [2.45, 2.75) is 52.2 Å². The molecule has 8 nitrogen and oxygen atoms in total. The van der Waals surface area contributed by atoms with E-state index in [0.717, 1.165) is 23.5 Å². The summed E-state index contributed by atoms with van der Waals surface area (Å²) in [4.78, 5) is 17.6. The molecule has 1 N–H and O–H groups in total. The summed E-state index contributed by atoms with van der Waals surface area (Å²) in [6, 6.07) is 3.21. The van der Waals surface area contributed by atoms with Gasteiger partial charge in [0.2, 0.25) is 11.8 Å². The second kappa shape index (κ2) is 8.78. The van der Waals surface area contributed by atoms with Crippen LogP contribution in [0.3, 0.4) is 0 Å². The van der Waals surface area contributed by atoms with E-state index < -0.39 is 11.5 Å². The van der Waals surface area contributed by atoms with E-state index in [4.69, 9.17) is 21.4 Å². The topological polar surface area (TPSA) is 88.9 Å². The number of aromatic amines is 1. The van der Waals surface area contributed by atoms with Gasteiger partial charge in [-0.15, -0.1) is 0 Å². The van der Waals surface area contributed by atoms with Crippen LogP contribution in [0.5, 0.6) is 5.88 Å². The zero-order valence-corrected chi connectivity index (χ0v) is 19.4. The number of aromatic nitrogens is 5.